The van der Waals surface area contributed by atoms with Crippen LogP contribution in [0.25, 0.3) is 0 Å². The predicted molar refractivity (Wildman–Crippen MR) is 90.6 cm³/mol. The van der Waals surface area contributed by atoms with E-state index >= 15 is 0 Å². The van der Waals surface area contributed by atoms with Crippen LogP contribution in [-0.2, 0) is 6.54 Å². The van der Waals surface area contributed by atoms with Gasteiger partial charge in [0.2, 0.25) is 0 Å². The van der Waals surface area contributed by atoms with Gasteiger partial charge in [-0.1, -0.05) is 0 Å². The van der Waals surface area contributed by atoms with Crippen molar-refractivity contribution in [2.75, 3.05) is 47.3 Å². The summed E-state index contributed by atoms with van der Waals surface area (Å²) in [7, 11) is 6.39. The van der Waals surface area contributed by atoms with E-state index in [-0.39, 0.29) is 5.82 Å². The Hall–Kier alpha value is -1.48. The molecule has 0 bridgehead atoms. The third-order valence-corrected chi connectivity index (χ3v) is 4.77. The van der Waals surface area contributed by atoms with Crippen LogP contribution in [0.1, 0.15) is 24.0 Å². The van der Waals surface area contributed by atoms with Crippen LogP contribution in [0.15, 0.2) is 18.2 Å². The highest BCUT2D eigenvalue weighted by atomic mass is 19.1. The first kappa shape index (κ1) is 17.9. The highest BCUT2D eigenvalue weighted by molar-refractivity contribution is 5.37. The number of likely N-dealkylation sites (N-methyl/N-ethyl adjacent to an activating group) is 2. The maximum absolute atomic E-state index is 13.4. The van der Waals surface area contributed by atoms with Gasteiger partial charge in [-0.15, -0.1) is 0 Å². The van der Waals surface area contributed by atoms with Gasteiger partial charge in [-0.05, 0) is 70.8 Å². The Balaban J connectivity index is 1.82. The fourth-order valence-electron chi connectivity index (χ4n) is 3.12. The quantitative estimate of drug-likeness (QED) is 0.805. The van der Waals surface area contributed by atoms with Crippen molar-refractivity contribution in [2.45, 2.75) is 25.4 Å². The van der Waals surface area contributed by atoms with Gasteiger partial charge in [0.1, 0.15) is 5.82 Å². The zero-order chi connectivity index (χ0) is 16.8. The Labute approximate surface area is 139 Å². The minimum absolute atomic E-state index is 0.282. The number of benzene rings is 1. The largest absolute Gasteiger partial charge is 0.306 e. The molecule has 0 N–H and O–H groups in total. The Morgan fingerprint density at radius 2 is 1.96 bits per heavy atom. The average molecular weight is 318 g/mol. The number of halogens is 1. The molecule has 4 nitrogen and oxygen atoms in total. The topological polar surface area (TPSA) is 33.5 Å². The lowest BCUT2D eigenvalue weighted by molar-refractivity contribution is 0.132. The Kier molecular flexibility index (Phi) is 6.52. The van der Waals surface area contributed by atoms with Gasteiger partial charge in [0.15, 0.2) is 0 Å². The Morgan fingerprint density at radius 3 is 2.61 bits per heavy atom. The molecule has 1 aliphatic heterocycles. The van der Waals surface area contributed by atoms with Crippen LogP contribution in [0.2, 0.25) is 0 Å². The molecule has 5 heteroatoms. The molecule has 0 aliphatic carbocycles. The molecular formula is C18H27FN4. The smallest absolute Gasteiger partial charge is 0.123 e. The molecule has 1 heterocycles. The van der Waals surface area contributed by atoms with Crippen molar-refractivity contribution < 1.29 is 4.39 Å². The van der Waals surface area contributed by atoms with Crippen LogP contribution in [0.3, 0.4) is 0 Å². The van der Waals surface area contributed by atoms with E-state index in [1.807, 2.05) is 7.05 Å². The fraction of sp³-hybridized carbons (Fsp3) is 0.611. The molecule has 126 valence electrons. The number of hydrogen-bond acceptors (Lipinski definition) is 4. The predicted octanol–water partition coefficient (Wildman–Crippen LogP) is 2.16. The summed E-state index contributed by atoms with van der Waals surface area (Å²) in [5.74, 6) is -0.282. The van der Waals surface area contributed by atoms with Gasteiger partial charge in [0, 0.05) is 25.7 Å². The lowest BCUT2D eigenvalue weighted by Gasteiger charge is -2.35. The minimum atomic E-state index is -0.282. The van der Waals surface area contributed by atoms with Gasteiger partial charge in [-0.2, -0.15) is 5.26 Å². The molecule has 0 unspecified atom stereocenters. The molecular weight excluding hydrogens is 291 g/mol. The zero-order valence-electron chi connectivity index (χ0n) is 14.4. The SMILES string of the molecule is CN1CCC(N(C)CCN(C)Cc2cc(F)ccc2C#N)CC1. The highest BCUT2D eigenvalue weighted by Gasteiger charge is 2.20. The maximum atomic E-state index is 13.4. The first-order valence-corrected chi connectivity index (χ1v) is 8.25. The van der Waals surface area contributed by atoms with E-state index in [9.17, 15) is 4.39 Å². The van der Waals surface area contributed by atoms with Crippen LogP contribution in [0.4, 0.5) is 4.39 Å². The van der Waals surface area contributed by atoms with E-state index in [1.54, 1.807) is 6.07 Å². The molecule has 0 aromatic heterocycles. The van der Waals surface area contributed by atoms with E-state index in [1.165, 1.54) is 38.1 Å². The van der Waals surface area contributed by atoms with E-state index in [4.69, 9.17) is 5.26 Å². The van der Waals surface area contributed by atoms with Crippen LogP contribution >= 0.6 is 0 Å². The van der Waals surface area contributed by atoms with Gasteiger partial charge < -0.3 is 14.7 Å². The van der Waals surface area contributed by atoms with Crippen molar-refractivity contribution in [3.8, 4) is 6.07 Å². The van der Waals surface area contributed by atoms with Crippen LogP contribution < -0.4 is 0 Å². The summed E-state index contributed by atoms with van der Waals surface area (Å²) in [4.78, 5) is 6.96. The van der Waals surface area contributed by atoms with Crippen LogP contribution in [0.5, 0.6) is 0 Å². The first-order valence-electron chi connectivity index (χ1n) is 8.25. The zero-order valence-corrected chi connectivity index (χ0v) is 14.4. The monoisotopic (exact) mass is 318 g/mol. The van der Waals surface area contributed by atoms with Crippen molar-refractivity contribution >= 4 is 0 Å². The summed E-state index contributed by atoms with van der Waals surface area (Å²) in [6, 6.07) is 7.17. The number of rotatable bonds is 6. The molecule has 2 rings (SSSR count). The minimum Gasteiger partial charge on any atom is -0.306 e. The number of nitrogens with zero attached hydrogens (tertiary/aromatic N) is 4. The number of likely N-dealkylation sites (tertiary alicyclic amines) is 1. The van der Waals surface area contributed by atoms with Crippen LogP contribution in [-0.4, -0.2) is 68.1 Å². The second kappa shape index (κ2) is 8.39. The van der Waals surface area contributed by atoms with Crippen LogP contribution in [0, 0.1) is 17.1 Å². The molecule has 1 aromatic rings. The summed E-state index contributed by atoms with van der Waals surface area (Å²) in [5, 5.41) is 9.13. The summed E-state index contributed by atoms with van der Waals surface area (Å²) >= 11 is 0. The molecule has 23 heavy (non-hydrogen) atoms. The maximum Gasteiger partial charge on any atom is 0.123 e. The van der Waals surface area contributed by atoms with Gasteiger partial charge in [0.25, 0.3) is 0 Å². The molecule has 1 saturated heterocycles. The normalized spacial score (nSPS) is 16.9. The fourth-order valence-corrected chi connectivity index (χ4v) is 3.12. The van der Waals surface area contributed by atoms with Gasteiger partial charge in [-0.3, -0.25) is 0 Å². The van der Waals surface area contributed by atoms with Crippen molar-refractivity contribution in [2.24, 2.45) is 0 Å². The van der Waals surface area contributed by atoms with E-state index < -0.39 is 0 Å². The van der Waals surface area contributed by atoms with Crippen molar-refractivity contribution in [3.63, 3.8) is 0 Å². The van der Waals surface area contributed by atoms with Crippen molar-refractivity contribution in [1.82, 2.24) is 14.7 Å². The Bertz CT molecular complexity index is 546. The van der Waals surface area contributed by atoms with Gasteiger partial charge >= 0.3 is 0 Å². The van der Waals surface area contributed by atoms with Gasteiger partial charge in [0.05, 0.1) is 11.6 Å². The highest BCUT2D eigenvalue weighted by Crippen LogP contribution is 2.15. The molecule has 0 spiro atoms. The molecule has 0 saturated carbocycles. The third-order valence-electron chi connectivity index (χ3n) is 4.77. The second-order valence-electron chi connectivity index (χ2n) is 6.67. The summed E-state index contributed by atoms with van der Waals surface area (Å²) in [5.41, 5.74) is 1.32. The Morgan fingerprint density at radius 1 is 1.26 bits per heavy atom. The average Bonchev–Trinajstić information content (AvgIpc) is 2.53. The lowest BCUT2D eigenvalue weighted by atomic mass is 10.0. The summed E-state index contributed by atoms with van der Waals surface area (Å²) in [6.45, 7) is 4.83. The summed E-state index contributed by atoms with van der Waals surface area (Å²) < 4.78 is 13.4. The standard InChI is InChI=1S/C18H27FN4/c1-21-8-6-18(7-9-21)23(3)11-10-22(2)14-16-12-17(19)5-4-15(16)13-20/h4-5,12,18H,6-11,14H2,1-3H3. The molecule has 0 atom stereocenters. The third kappa shape index (κ3) is 5.28. The van der Waals surface area contributed by atoms with E-state index in [0.717, 1.165) is 18.7 Å². The summed E-state index contributed by atoms with van der Waals surface area (Å²) in [6.07, 6.45) is 2.44. The number of piperidine rings is 1. The van der Waals surface area contributed by atoms with Crippen molar-refractivity contribution in [3.05, 3.63) is 35.1 Å². The molecule has 1 fully saturated rings. The molecule has 0 radical (unpaired) electrons. The molecule has 1 aliphatic rings. The number of hydrogen-bond donors (Lipinski definition) is 0. The molecule has 1 aromatic carbocycles. The van der Waals surface area contributed by atoms with E-state index in [0.29, 0.717) is 18.2 Å². The van der Waals surface area contributed by atoms with Gasteiger partial charge in [-0.25, -0.2) is 4.39 Å². The van der Waals surface area contributed by atoms with Crippen molar-refractivity contribution in [1.29, 1.82) is 5.26 Å². The first-order chi connectivity index (χ1) is 11.0. The lowest BCUT2D eigenvalue weighted by Crippen LogP contribution is -2.44. The molecule has 0 amide bonds. The second-order valence-corrected chi connectivity index (χ2v) is 6.67. The van der Waals surface area contributed by atoms with E-state index in [2.05, 4.69) is 34.9 Å². The number of nitriles is 1.